The molecule has 3 nitrogen and oxygen atoms in total. The van der Waals surface area contributed by atoms with Crippen LogP contribution in [-0.4, -0.2) is 35.3 Å². The predicted octanol–water partition coefficient (Wildman–Crippen LogP) is 4.17. The average molecular weight is 312 g/mol. The Hall–Kier alpha value is -1.35. The molecule has 1 aliphatic carbocycles. The van der Waals surface area contributed by atoms with Crippen molar-refractivity contribution in [3.05, 3.63) is 35.9 Å². The molecule has 2 heterocycles. The maximum atomic E-state index is 5.96. The first-order chi connectivity index (χ1) is 11.3. The van der Waals surface area contributed by atoms with Crippen molar-refractivity contribution < 1.29 is 4.84 Å². The van der Waals surface area contributed by atoms with Crippen molar-refractivity contribution in [3.8, 4) is 0 Å². The van der Waals surface area contributed by atoms with Crippen LogP contribution in [0.25, 0.3) is 0 Å². The Labute approximate surface area is 139 Å². The highest BCUT2D eigenvalue weighted by atomic mass is 16.7. The highest BCUT2D eigenvalue weighted by Gasteiger charge is 2.42. The zero-order valence-electron chi connectivity index (χ0n) is 14.0. The van der Waals surface area contributed by atoms with E-state index in [-0.39, 0.29) is 5.60 Å². The van der Waals surface area contributed by atoms with Gasteiger partial charge in [-0.25, -0.2) is 0 Å². The Morgan fingerprint density at radius 2 is 1.78 bits per heavy atom. The topological polar surface area (TPSA) is 24.8 Å². The molecule has 2 aliphatic heterocycles. The van der Waals surface area contributed by atoms with Gasteiger partial charge in [0.05, 0.1) is 5.71 Å². The second kappa shape index (κ2) is 6.64. The van der Waals surface area contributed by atoms with Crippen LogP contribution in [-0.2, 0) is 11.3 Å². The molecule has 1 aromatic rings. The molecule has 0 unspecified atom stereocenters. The zero-order valence-corrected chi connectivity index (χ0v) is 14.0. The Morgan fingerprint density at radius 3 is 2.52 bits per heavy atom. The van der Waals surface area contributed by atoms with Crippen molar-refractivity contribution in [1.82, 2.24) is 4.90 Å². The first-order valence-electron chi connectivity index (χ1n) is 9.35. The Balaban J connectivity index is 1.30. The standard InChI is InChI=1S/C20H28N2O/c1-3-7-17(8-4-1)15-18-16-20(23-21-18)11-13-22(14-12-20)19-9-5-2-6-10-19/h1,3-4,7-8,19H,2,5-6,9-16H2. The molecule has 1 aromatic carbocycles. The lowest BCUT2D eigenvalue weighted by Gasteiger charge is -2.42. The zero-order chi connectivity index (χ0) is 15.5. The van der Waals surface area contributed by atoms with E-state index >= 15 is 0 Å². The van der Waals surface area contributed by atoms with Crippen LogP contribution in [0.3, 0.4) is 0 Å². The summed E-state index contributed by atoms with van der Waals surface area (Å²) in [7, 11) is 0. The number of hydrogen-bond acceptors (Lipinski definition) is 3. The SMILES string of the molecule is c1ccc(CC2=NOC3(CCN(C4CCCCC4)CC3)C2)cc1. The minimum atomic E-state index is 0.00921. The molecule has 3 aliphatic rings. The molecule has 0 N–H and O–H groups in total. The molecule has 0 aromatic heterocycles. The van der Waals surface area contributed by atoms with Gasteiger partial charge in [0.15, 0.2) is 0 Å². The molecule has 124 valence electrons. The van der Waals surface area contributed by atoms with Crippen molar-refractivity contribution in [2.45, 2.75) is 69.4 Å². The quantitative estimate of drug-likeness (QED) is 0.836. The molecule has 2 fully saturated rings. The number of rotatable bonds is 3. The van der Waals surface area contributed by atoms with Gasteiger partial charge in [0, 0.05) is 44.8 Å². The summed E-state index contributed by atoms with van der Waals surface area (Å²) < 4.78 is 0. The molecular weight excluding hydrogens is 284 g/mol. The van der Waals surface area contributed by atoms with Crippen LogP contribution < -0.4 is 0 Å². The van der Waals surface area contributed by atoms with Gasteiger partial charge in [-0.2, -0.15) is 0 Å². The molecule has 0 atom stereocenters. The molecule has 0 bridgehead atoms. The molecule has 1 saturated heterocycles. The van der Waals surface area contributed by atoms with Crippen LogP contribution in [0.5, 0.6) is 0 Å². The largest absolute Gasteiger partial charge is 0.389 e. The smallest absolute Gasteiger partial charge is 0.145 e. The summed E-state index contributed by atoms with van der Waals surface area (Å²) in [5.74, 6) is 0. The summed E-state index contributed by atoms with van der Waals surface area (Å²) >= 11 is 0. The predicted molar refractivity (Wildman–Crippen MR) is 93.7 cm³/mol. The van der Waals surface area contributed by atoms with Crippen molar-refractivity contribution in [1.29, 1.82) is 0 Å². The number of hydrogen-bond donors (Lipinski definition) is 0. The van der Waals surface area contributed by atoms with Crippen LogP contribution in [0.1, 0.15) is 56.9 Å². The molecule has 23 heavy (non-hydrogen) atoms. The van der Waals surface area contributed by atoms with Gasteiger partial charge in [-0.3, -0.25) is 0 Å². The van der Waals surface area contributed by atoms with Gasteiger partial charge >= 0.3 is 0 Å². The van der Waals surface area contributed by atoms with Crippen LogP contribution in [0, 0.1) is 0 Å². The maximum Gasteiger partial charge on any atom is 0.145 e. The second-order valence-electron chi connectivity index (χ2n) is 7.60. The average Bonchev–Trinajstić information content (AvgIpc) is 2.99. The van der Waals surface area contributed by atoms with E-state index in [4.69, 9.17) is 4.84 Å². The molecule has 4 rings (SSSR count). The second-order valence-corrected chi connectivity index (χ2v) is 7.60. The molecule has 3 heteroatoms. The van der Waals surface area contributed by atoms with Crippen molar-refractivity contribution >= 4 is 5.71 Å². The fourth-order valence-corrected chi connectivity index (χ4v) is 4.54. The van der Waals surface area contributed by atoms with E-state index in [0.717, 1.165) is 31.7 Å². The first kappa shape index (κ1) is 15.2. The number of likely N-dealkylation sites (tertiary alicyclic amines) is 1. The van der Waals surface area contributed by atoms with Gasteiger partial charge in [-0.15, -0.1) is 0 Å². The first-order valence-corrected chi connectivity index (χ1v) is 9.35. The minimum Gasteiger partial charge on any atom is -0.389 e. The normalized spacial score (nSPS) is 25.3. The maximum absolute atomic E-state index is 5.96. The Morgan fingerprint density at radius 1 is 1.04 bits per heavy atom. The highest BCUT2D eigenvalue weighted by Crippen LogP contribution is 2.37. The Bertz CT molecular complexity index is 540. The van der Waals surface area contributed by atoms with E-state index in [1.165, 1.54) is 56.5 Å². The molecule has 0 radical (unpaired) electrons. The van der Waals surface area contributed by atoms with Crippen molar-refractivity contribution in [2.24, 2.45) is 5.16 Å². The van der Waals surface area contributed by atoms with Crippen LogP contribution in [0.2, 0.25) is 0 Å². The van der Waals surface area contributed by atoms with Gasteiger partial charge in [0.1, 0.15) is 5.60 Å². The van der Waals surface area contributed by atoms with Gasteiger partial charge in [0.25, 0.3) is 0 Å². The number of nitrogens with zero attached hydrogens (tertiary/aromatic N) is 2. The molecule has 1 saturated carbocycles. The fourth-order valence-electron chi connectivity index (χ4n) is 4.54. The third-order valence-electron chi connectivity index (χ3n) is 5.95. The van der Waals surface area contributed by atoms with Crippen molar-refractivity contribution in [2.75, 3.05) is 13.1 Å². The summed E-state index contributed by atoms with van der Waals surface area (Å²) in [6.45, 7) is 2.39. The van der Waals surface area contributed by atoms with Gasteiger partial charge in [0.2, 0.25) is 0 Å². The van der Waals surface area contributed by atoms with E-state index in [9.17, 15) is 0 Å². The number of piperidine rings is 1. The lowest BCUT2D eigenvalue weighted by molar-refractivity contribution is -0.0698. The minimum absolute atomic E-state index is 0.00921. The van der Waals surface area contributed by atoms with Crippen molar-refractivity contribution in [3.63, 3.8) is 0 Å². The van der Waals surface area contributed by atoms with Crippen LogP contribution >= 0.6 is 0 Å². The van der Waals surface area contributed by atoms with Gasteiger partial charge in [-0.05, 0) is 18.4 Å². The number of oxime groups is 1. The summed E-state index contributed by atoms with van der Waals surface area (Å²) in [6.07, 6.45) is 11.4. The molecule has 0 amide bonds. The monoisotopic (exact) mass is 312 g/mol. The van der Waals surface area contributed by atoms with E-state index in [1.807, 2.05) is 0 Å². The van der Waals surface area contributed by atoms with E-state index in [2.05, 4.69) is 40.4 Å². The van der Waals surface area contributed by atoms with Crippen LogP contribution in [0.4, 0.5) is 0 Å². The summed E-state index contributed by atoms with van der Waals surface area (Å²) in [5.41, 5.74) is 2.57. The number of benzene rings is 1. The summed E-state index contributed by atoms with van der Waals surface area (Å²) in [6, 6.07) is 11.5. The third-order valence-corrected chi connectivity index (χ3v) is 5.95. The fraction of sp³-hybridized carbons (Fsp3) is 0.650. The van der Waals surface area contributed by atoms with E-state index in [1.54, 1.807) is 0 Å². The lowest BCUT2D eigenvalue weighted by atomic mass is 9.84. The molecular formula is C20H28N2O. The lowest BCUT2D eigenvalue weighted by Crippen LogP contribution is -2.48. The van der Waals surface area contributed by atoms with E-state index < -0.39 is 0 Å². The van der Waals surface area contributed by atoms with Gasteiger partial charge in [-0.1, -0.05) is 54.8 Å². The van der Waals surface area contributed by atoms with Crippen LogP contribution in [0.15, 0.2) is 35.5 Å². The van der Waals surface area contributed by atoms with E-state index in [0.29, 0.717) is 0 Å². The summed E-state index contributed by atoms with van der Waals surface area (Å²) in [5, 5.41) is 4.44. The Kier molecular flexibility index (Phi) is 4.39. The highest BCUT2D eigenvalue weighted by molar-refractivity contribution is 5.88. The summed E-state index contributed by atoms with van der Waals surface area (Å²) in [4.78, 5) is 8.69. The molecule has 1 spiro atoms. The third kappa shape index (κ3) is 3.45. The van der Waals surface area contributed by atoms with Gasteiger partial charge < -0.3 is 9.74 Å².